The van der Waals surface area contributed by atoms with Crippen molar-refractivity contribution in [2.24, 2.45) is 0 Å². The van der Waals surface area contributed by atoms with Crippen LogP contribution in [0.5, 0.6) is 0 Å². The van der Waals surface area contributed by atoms with Crippen molar-refractivity contribution in [3.05, 3.63) is 64.7 Å². The maximum atomic E-state index is 12.2. The molecule has 8 heteroatoms. The minimum Gasteiger partial charge on any atom is -0.454 e. The van der Waals surface area contributed by atoms with Gasteiger partial charge in [0.15, 0.2) is 12.4 Å². The lowest BCUT2D eigenvalue weighted by atomic mass is 10.1. The molecule has 1 fully saturated rings. The molecule has 0 atom stereocenters. The van der Waals surface area contributed by atoms with Crippen molar-refractivity contribution >= 4 is 39.1 Å². The number of nitrogens with zero attached hydrogens (tertiary/aromatic N) is 1. The molecular formula is C18H16ClNO5S. The lowest BCUT2D eigenvalue weighted by Gasteiger charge is -2.17. The van der Waals surface area contributed by atoms with Gasteiger partial charge in [-0.2, -0.15) is 0 Å². The third-order valence-electron chi connectivity index (χ3n) is 3.97. The normalized spacial score (nSPS) is 15.7. The Morgan fingerprint density at radius 2 is 1.81 bits per heavy atom. The zero-order chi connectivity index (χ0) is 18.7. The topological polar surface area (TPSA) is 80.8 Å². The molecule has 136 valence electrons. The van der Waals surface area contributed by atoms with Crippen LogP contribution >= 0.6 is 11.6 Å². The Morgan fingerprint density at radius 3 is 2.46 bits per heavy atom. The highest BCUT2D eigenvalue weighted by atomic mass is 35.5. The maximum absolute atomic E-state index is 12.2. The van der Waals surface area contributed by atoms with Crippen LogP contribution in [0.1, 0.15) is 27.1 Å². The molecule has 3 rings (SSSR count). The first kappa shape index (κ1) is 18.4. The molecule has 0 unspecified atom stereocenters. The van der Waals surface area contributed by atoms with Crippen LogP contribution < -0.4 is 4.31 Å². The molecule has 0 N–H and O–H groups in total. The third kappa shape index (κ3) is 4.05. The number of ether oxygens (including phenoxy) is 1. The van der Waals surface area contributed by atoms with Crippen LogP contribution in [0.2, 0.25) is 5.02 Å². The Balaban J connectivity index is 1.67. The highest BCUT2D eigenvalue weighted by Gasteiger charge is 2.28. The molecule has 2 aromatic carbocycles. The largest absolute Gasteiger partial charge is 0.454 e. The van der Waals surface area contributed by atoms with Gasteiger partial charge < -0.3 is 4.74 Å². The second-order valence-electron chi connectivity index (χ2n) is 5.80. The van der Waals surface area contributed by atoms with Gasteiger partial charge in [-0.1, -0.05) is 17.7 Å². The van der Waals surface area contributed by atoms with E-state index in [0.29, 0.717) is 29.2 Å². The Hall–Kier alpha value is -2.38. The first-order valence-electron chi connectivity index (χ1n) is 7.93. The fourth-order valence-electron chi connectivity index (χ4n) is 2.65. The van der Waals surface area contributed by atoms with Crippen LogP contribution in [-0.4, -0.2) is 39.1 Å². The molecule has 0 aliphatic carbocycles. The minimum atomic E-state index is -3.33. The second kappa shape index (κ2) is 7.47. The summed E-state index contributed by atoms with van der Waals surface area (Å²) in [5.74, 6) is -0.948. The number of carbonyl (C=O) groups excluding carboxylic acids is 2. The number of halogens is 1. The number of anilines is 1. The quantitative estimate of drug-likeness (QED) is 0.576. The van der Waals surface area contributed by atoms with Gasteiger partial charge in [-0.3, -0.25) is 9.10 Å². The number of hydrogen-bond acceptors (Lipinski definition) is 5. The predicted molar refractivity (Wildman–Crippen MR) is 98.3 cm³/mol. The number of esters is 1. The number of carbonyl (C=O) groups is 2. The molecule has 6 nitrogen and oxygen atoms in total. The fourth-order valence-corrected chi connectivity index (χ4v) is 4.33. The molecule has 1 aliphatic rings. The van der Waals surface area contributed by atoms with Crippen LogP contribution in [-0.2, 0) is 14.8 Å². The van der Waals surface area contributed by atoms with E-state index in [4.69, 9.17) is 16.3 Å². The molecule has 0 radical (unpaired) electrons. The second-order valence-corrected chi connectivity index (χ2v) is 8.25. The lowest BCUT2D eigenvalue weighted by Crippen LogP contribution is -2.25. The van der Waals surface area contributed by atoms with Gasteiger partial charge in [0.2, 0.25) is 10.0 Å². The van der Waals surface area contributed by atoms with E-state index < -0.39 is 22.6 Å². The molecular weight excluding hydrogens is 378 g/mol. The van der Waals surface area contributed by atoms with Crippen molar-refractivity contribution in [2.45, 2.75) is 6.42 Å². The molecule has 1 aliphatic heterocycles. The molecule has 0 spiro atoms. The Kier molecular flexibility index (Phi) is 5.29. The zero-order valence-corrected chi connectivity index (χ0v) is 15.3. The van der Waals surface area contributed by atoms with Crippen molar-refractivity contribution in [1.82, 2.24) is 0 Å². The molecule has 26 heavy (non-hydrogen) atoms. The Morgan fingerprint density at radius 1 is 1.08 bits per heavy atom. The Labute approximate surface area is 156 Å². The average Bonchev–Trinajstić information content (AvgIpc) is 2.99. The number of hydrogen-bond donors (Lipinski definition) is 0. The number of benzene rings is 2. The monoisotopic (exact) mass is 393 g/mol. The van der Waals surface area contributed by atoms with Crippen molar-refractivity contribution in [3.8, 4) is 0 Å². The van der Waals surface area contributed by atoms with Crippen molar-refractivity contribution in [2.75, 3.05) is 23.2 Å². The maximum Gasteiger partial charge on any atom is 0.338 e. The van der Waals surface area contributed by atoms with Gasteiger partial charge >= 0.3 is 5.97 Å². The van der Waals surface area contributed by atoms with E-state index in [-0.39, 0.29) is 17.1 Å². The summed E-state index contributed by atoms with van der Waals surface area (Å²) in [7, 11) is -3.33. The summed E-state index contributed by atoms with van der Waals surface area (Å²) < 4.78 is 30.3. The first-order valence-corrected chi connectivity index (χ1v) is 9.92. The van der Waals surface area contributed by atoms with Crippen LogP contribution in [0.25, 0.3) is 0 Å². The van der Waals surface area contributed by atoms with E-state index >= 15 is 0 Å². The van der Waals surface area contributed by atoms with E-state index in [1.54, 1.807) is 36.4 Å². The van der Waals surface area contributed by atoms with Crippen molar-refractivity contribution in [3.63, 3.8) is 0 Å². The van der Waals surface area contributed by atoms with Gasteiger partial charge in [-0.15, -0.1) is 0 Å². The van der Waals surface area contributed by atoms with E-state index in [9.17, 15) is 18.0 Å². The standard InChI is InChI=1S/C18H16ClNO5S/c19-15-7-5-13(6-8-15)17(21)12-25-18(22)14-3-1-4-16(11-14)20-9-2-10-26(20,23)24/h1,3-8,11H,2,9-10,12H2. The average molecular weight is 394 g/mol. The summed E-state index contributed by atoms with van der Waals surface area (Å²) in [6.07, 6.45) is 0.548. The van der Waals surface area contributed by atoms with E-state index in [0.717, 1.165) is 0 Å². The summed E-state index contributed by atoms with van der Waals surface area (Å²) in [5, 5.41) is 0.507. The van der Waals surface area contributed by atoms with E-state index in [1.807, 2.05) is 0 Å². The predicted octanol–water partition coefficient (Wildman–Crippen LogP) is 2.92. The smallest absolute Gasteiger partial charge is 0.338 e. The van der Waals surface area contributed by atoms with Crippen molar-refractivity contribution < 1.29 is 22.7 Å². The molecule has 2 aromatic rings. The summed E-state index contributed by atoms with van der Waals surface area (Å²) in [5.41, 5.74) is 0.994. The van der Waals surface area contributed by atoms with Gasteiger partial charge in [0.05, 0.1) is 17.0 Å². The summed E-state index contributed by atoms with van der Waals surface area (Å²) in [6, 6.07) is 12.4. The summed E-state index contributed by atoms with van der Waals surface area (Å²) >= 11 is 5.77. The highest BCUT2D eigenvalue weighted by molar-refractivity contribution is 7.93. The van der Waals surface area contributed by atoms with Crippen molar-refractivity contribution in [1.29, 1.82) is 0 Å². The van der Waals surface area contributed by atoms with Crippen LogP contribution in [0.15, 0.2) is 48.5 Å². The van der Waals surface area contributed by atoms with Gasteiger partial charge in [0, 0.05) is 17.1 Å². The summed E-state index contributed by atoms with van der Waals surface area (Å²) in [4.78, 5) is 24.2. The van der Waals surface area contributed by atoms with Gasteiger partial charge in [-0.05, 0) is 48.9 Å². The van der Waals surface area contributed by atoms with Gasteiger partial charge in [0.25, 0.3) is 0 Å². The first-order chi connectivity index (χ1) is 12.4. The molecule has 1 saturated heterocycles. The number of rotatable bonds is 5. The lowest BCUT2D eigenvalue weighted by molar-refractivity contribution is 0.0475. The van der Waals surface area contributed by atoms with Gasteiger partial charge in [0.1, 0.15) is 0 Å². The third-order valence-corrected chi connectivity index (χ3v) is 6.09. The number of ketones is 1. The molecule has 0 saturated carbocycles. The molecule has 0 aromatic heterocycles. The molecule has 0 bridgehead atoms. The molecule has 0 amide bonds. The fraction of sp³-hybridized carbons (Fsp3) is 0.222. The highest BCUT2D eigenvalue weighted by Crippen LogP contribution is 2.25. The number of sulfonamides is 1. The van der Waals surface area contributed by atoms with E-state index in [2.05, 4.69) is 0 Å². The van der Waals surface area contributed by atoms with Gasteiger partial charge in [-0.25, -0.2) is 13.2 Å². The van der Waals surface area contributed by atoms with Crippen LogP contribution in [0.3, 0.4) is 0 Å². The van der Waals surface area contributed by atoms with Crippen LogP contribution in [0, 0.1) is 0 Å². The minimum absolute atomic E-state index is 0.0945. The number of Topliss-reactive ketones (excluding diaryl/α,β-unsaturated/α-hetero) is 1. The zero-order valence-electron chi connectivity index (χ0n) is 13.7. The van der Waals surface area contributed by atoms with E-state index in [1.165, 1.54) is 16.4 Å². The Bertz CT molecular complexity index is 940. The summed E-state index contributed by atoms with van der Waals surface area (Å²) in [6.45, 7) is -0.0252. The molecule has 1 heterocycles. The SMILES string of the molecule is O=C(COC(=O)c1cccc(N2CCCS2(=O)=O)c1)c1ccc(Cl)cc1. The van der Waals surface area contributed by atoms with Crippen LogP contribution in [0.4, 0.5) is 5.69 Å².